The van der Waals surface area contributed by atoms with Crippen LogP contribution in [0, 0.1) is 11.8 Å². The zero-order valence-corrected chi connectivity index (χ0v) is 10.8. The van der Waals surface area contributed by atoms with Crippen molar-refractivity contribution in [1.29, 1.82) is 0 Å². The number of carbonyl (C=O) groups excluding carboxylic acids is 2. The summed E-state index contributed by atoms with van der Waals surface area (Å²) in [5, 5.41) is 0. The lowest BCUT2D eigenvalue weighted by molar-refractivity contribution is -0.134. The molecule has 0 radical (unpaired) electrons. The third-order valence-corrected chi connectivity index (χ3v) is 3.08. The Morgan fingerprint density at radius 2 is 2.00 bits per heavy atom. The Labute approximate surface area is 98.2 Å². The van der Waals surface area contributed by atoms with Gasteiger partial charge in [0.15, 0.2) is 0 Å². The van der Waals surface area contributed by atoms with Crippen LogP contribution in [-0.4, -0.2) is 29.2 Å². The van der Waals surface area contributed by atoms with Gasteiger partial charge in [-0.15, -0.1) is 0 Å². The summed E-state index contributed by atoms with van der Waals surface area (Å²) in [5.74, 6) is 0.755. The number of rotatable bonds is 5. The second-order valence-corrected chi connectivity index (χ2v) is 5.45. The molecular weight excluding hydrogens is 202 g/mol. The van der Waals surface area contributed by atoms with E-state index in [1.165, 1.54) is 0 Å². The number of hydrogen-bond acceptors (Lipinski definition) is 2. The van der Waals surface area contributed by atoms with Crippen LogP contribution in [0.4, 0.5) is 0 Å². The molecule has 1 amide bonds. The van der Waals surface area contributed by atoms with Crippen molar-refractivity contribution in [3.63, 3.8) is 0 Å². The summed E-state index contributed by atoms with van der Waals surface area (Å²) in [6, 6.07) is 0.262. The normalized spacial score (nSPS) is 21.2. The fraction of sp³-hybridized carbons (Fsp3) is 0.846. The Morgan fingerprint density at radius 1 is 1.38 bits per heavy atom. The van der Waals surface area contributed by atoms with Crippen molar-refractivity contribution in [3.8, 4) is 0 Å². The quantitative estimate of drug-likeness (QED) is 0.719. The molecule has 1 fully saturated rings. The maximum absolute atomic E-state index is 11.9. The van der Waals surface area contributed by atoms with Gasteiger partial charge in [0.1, 0.15) is 5.78 Å². The highest BCUT2D eigenvalue weighted by atomic mass is 16.2. The van der Waals surface area contributed by atoms with E-state index in [-0.39, 0.29) is 23.7 Å². The molecule has 0 aromatic rings. The summed E-state index contributed by atoms with van der Waals surface area (Å²) >= 11 is 0. The number of amides is 1. The Kier molecular flexibility index (Phi) is 4.51. The van der Waals surface area contributed by atoms with Gasteiger partial charge in [0, 0.05) is 31.3 Å². The van der Waals surface area contributed by atoms with Gasteiger partial charge in [-0.25, -0.2) is 0 Å². The van der Waals surface area contributed by atoms with E-state index in [4.69, 9.17) is 0 Å². The minimum atomic E-state index is -0.0475. The van der Waals surface area contributed by atoms with E-state index in [0.29, 0.717) is 18.8 Å². The van der Waals surface area contributed by atoms with Gasteiger partial charge in [-0.05, 0) is 26.2 Å². The molecule has 0 aliphatic carbocycles. The fourth-order valence-electron chi connectivity index (χ4n) is 2.28. The highest BCUT2D eigenvalue weighted by Gasteiger charge is 2.33. The number of Topliss-reactive ketones (excluding diaryl/α,β-unsaturated/α-hetero) is 1. The third kappa shape index (κ3) is 3.32. The number of nitrogens with zero attached hydrogens (tertiary/aromatic N) is 1. The number of ketones is 1. The first-order valence-electron chi connectivity index (χ1n) is 6.24. The lowest BCUT2D eigenvalue weighted by Gasteiger charge is -2.20. The monoisotopic (exact) mass is 225 g/mol. The standard InChI is InChI=1S/C13H23NO2/c1-9(2)7-12(15)8-11-5-6-14(10(3)4)13(11)16/h9-11H,5-8H2,1-4H3. The van der Waals surface area contributed by atoms with Gasteiger partial charge in [0.25, 0.3) is 0 Å². The van der Waals surface area contributed by atoms with Crippen LogP contribution in [-0.2, 0) is 9.59 Å². The smallest absolute Gasteiger partial charge is 0.226 e. The second kappa shape index (κ2) is 5.46. The van der Waals surface area contributed by atoms with Crippen molar-refractivity contribution in [2.45, 2.75) is 53.0 Å². The maximum atomic E-state index is 11.9. The lowest BCUT2D eigenvalue weighted by atomic mass is 9.96. The number of likely N-dealkylation sites (tertiary alicyclic amines) is 1. The summed E-state index contributed by atoms with van der Waals surface area (Å²) in [4.78, 5) is 25.5. The second-order valence-electron chi connectivity index (χ2n) is 5.45. The van der Waals surface area contributed by atoms with Gasteiger partial charge in [-0.2, -0.15) is 0 Å². The predicted molar refractivity (Wildman–Crippen MR) is 64.0 cm³/mol. The molecule has 0 N–H and O–H groups in total. The van der Waals surface area contributed by atoms with Crippen LogP contribution < -0.4 is 0 Å². The first kappa shape index (κ1) is 13.2. The SMILES string of the molecule is CC(C)CC(=O)CC1CCN(C(C)C)C1=O. The zero-order valence-electron chi connectivity index (χ0n) is 10.8. The molecule has 3 heteroatoms. The molecule has 16 heavy (non-hydrogen) atoms. The Morgan fingerprint density at radius 3 is 2.44 bits per heavy atom. The molecule has 92 valence electrons. The molecule has 1 heterocycles. The molecule has 0 aromatic heterocycles. The van der Waals surface area contributed by atoms with Crippen molar-refractivity contribution in [2.24, 2.45) is 11.8 Å². The van der Waals surface area contributed by atoms with Crippen LogP contribution in [0.15, 0.2) is 0 Å². The molecule has 1 rings (SSSR count). The van der Waals surface area contributed by atoms with Gasteiger partial charge in [0.2, 0.25) is 5.91 Å². The topological polar surface area (TPSA) is 37.4 Å². The van der Waals surface area contributed by atoms with E-state index in [1.54, 1.807) is 0 Å². The van der Waals surface area contributed by atoms with Gasteiger partial charge < -0.3 is 4.90 Å². The molecule has 1 aliphatic rings. The first-order valence-corrected chi connectivity index (χ1v) is 6.24. The van der Waals surface area contributed by atoms with Crippen molar-refractivity contribution < 1.29 is 9.59 Å². The molecule has 0 aromatic carbocycles. The van der Waals surface area contributed by atoms with E-state index in [0.717, 1.165) is 13.0 Å². The summed E-state index contributed by atoms with van der Waals surface area (Å²) in [5.41, 5.74) is 0. The van der Waals surface area contributed by atoms with Crippen LogP contribution in [0.25, 0.3) is 0 Å². The maximum Gasteiger partial charge on any atom is 0.226 e. The molecule has 1 aliphatic heterocycles. The third-order valence-electron chi connectivity index (χ3n) is 3.08. The van der Waals surface area contributed by atoms with E-state index < -0.39 is 0 Å². The molecule has 1 unspecified atom stereocenters. The molecule has 3 nitrogen and oxygen atoms in total. The van der Waals surface area contributed by atoms with Crippen LogP contribution in [0.5, 0.6) is 0 Å². The van der Waals surface area contributed by atoms with E-state index >= 15 is 0 Å². The van der Waals surface area contributed by atoms with E-state index in [9.17, 15) is 9.59 Å². The van der Waals surface area contributed by atoms with Crippen LogP contribution in [0.2, 0.25) is 0 Å². The van der Waals surface area contributed by atoms with Crippen molar-refractivity contribution in [2.75, 3.05) is 6.54 Å². The van der Waals surface area contributed by atoms with Gasteiger partial charge in [-0.1, -0.05) is 13.8 Å². The Balaban J connectivity index is 2.46. The van der Waals surface area contributed by atoms with E-state index in [2.05, 4.69) is 0 Å². The van der Waals surface area contributed by atoms with Gasteiger partial charge >= 0.3 is 0 Å². The largest absolute Gasteiger partial charge is 0.340 e. The highest BCUT2D eigenvalue weighted by Crippen LogP contribution is 2.24. The van der Waals surface area contributed by atoms with Crippen LogP contribution in [0.3, 0.4) is 0 Å². The molecular formula is C13H23NO2. The average Bonchev–Trinajstić information content (AvgIpc) is 2.46. The van der Waals surface area contributed by atoms with Crippen molar-refractivity contribution in [1.82, 2.24) is 4.90 Å². The van der Waals surface area contributed by atoms with Crippen LogP contribution >= 0.6 is 0 Å². The average molecular weight is 225 g/mol. The van der Waals surface area contributed by atoms with Gasteiger partial charge in [0.05, 0.1) is 0 Å². The molecule has 0 spiro atoms. The number of carbonyl (C=O) groups is 2. The zero-order chi connectivity index (χ0) is 12.3. The molecule has 0 saturated carbocycles. The Bertz CT molecular complexity index is 271. The summed E-state index contributed by atoms with van der Waals surface area (Å²) in [7, 11) is 0. The first-order chi connectivity index (χ1) is 7.41. The predicted octanol–water partition coefficient (Wildman–Crippen LogP) is 2.25. The lowest BCUT2D eigenvalue weighted by Crippen LogP contribution is -2.34. The van der Waals surface area contributed by atoms with Gasteiger partial charge in [-0.3, -0.25) is 9.59 Å². The molecule has 1 atom stereocenters. The Hall–Kier alpha value is -0.860. The van der Waals surface area contributed by atoms with Crippen molar-refractivity contribution >= 4 is 11.7 Å². The van der Waals surface area contributed by atoms with Crippen molar-refractivity contribution in [3.05, 3.63) is 0 Å². The summed E-state index contributed by atoms with van der Waals surface area (Å²) < 4.78 is 0. The molecule has 1 saturated heterocycles. The summed E-state index contributed by atoms with van der Waals surface area (Å²) in [6.07, 6.45) is 1.90. The fourth-order valence-corrected chi connectivity index (χ4v) is 2.28. The number of hydrogen-bond donors (Lipinski definition) is 0. The molecule has 0 bridgehead atoms. The highest BCUT2D eigenvalue weighted by molar-refractivity contribution is 5.88. The summed E-state index contributed by atoms with van der Waals surface area (Å²) in [6.45, 7) is 8.94. The minimum absolute atomic E-state index is 0.0475. The minimum Gasteiger partial charge on any atom is -0.340 e. The van der Waals surface area contributed by atoms with E-state index in [1.807, 2.05) is 32.6 Å². The van der Waals surface area contributed by atoms with Crippen LogP contribution in [0.1, 0.15) is 47.0 Å².